The van der Waals surface area contributed by atoms with E-state index in [1.165, 1.54) is 27.8 Å². The van der Waals surface area contributed by atoms with Crippen LogP contribution in [-0.2, 0) is 0 Å². The molecule has 0 radical (unpaired) electrons. The second kappa shape index (κ2) is 10.1. The first kappa shape index (κ1) is 22.2. The molecule has 3 aromatic rings. The zero-order valence-electron chi connectivity index (χ0n) is 20.0. The fourth-order valence-corrected chi connectivity index (χ4v) is 5.00. The fourth-order valence-electron chi connectivity index (χ4n) is 5.00. The number of likely N-dealkylation sites (tertiary alicyclic amines) is 1. The highest BCUT2D eigenvalue weighted by molar-refractivity contribution is 5.94. The molecule has 0 aromatic heterocycles. The van der Waals surface area contributed by atoms with Crippen molar-refractivity contribution in [1.82, 2.24) is 4.90 Å². The number of methoxy groups -OCH3 is 2. The molecule has 1 heterocycles. The first-order valence-electron chi connectivity index (χ1n) is 12.0. The summed E-state index contributed by atoms with van der Waals surface area (Å²) in [6.07, 6.45) is 11.1. The van der Waals surface area contributed by atoms with E-state index in [0.29, 0.717) is 0 Å². The largest absolute Gasteiger partial charge is 0.497 e. The average molecular weight is 450 g/mol. The number of piperidine rings is 1. The fraction of sp³-hybridized carbons (Fsp3) is 0.226. The maximum absolute atomic E-state index is 5.50. The molecule has 0 amide bonds. The molecule has 0 saturated carbocycles. The van der Waals surface area contributed by atoms with Gasteiger partial charge in [-0.15, -0.1) is 0 Å². The maximum atomic E-state index is 5.50. The van der Waals surface area contributed by atoms with Gasteiger partial charge in [-0.1, -0.05) is 78.4 Å². The van der Waals surface area contributed by atoms with E-state index in [1.807, 2.05) is 18.2 Å². The van der Waals surface area contributed by atoms with Gasteiger partial charge in [-0.3, -0.25) is 4.90 Å². The summed E-state index contributed by atoms with van der Waals surface area (Å²) in [4.78, 5) is 2.53. The number of hydrogen-bond donors (Lipinski definition) is 0. The van der Waals surface area contributed by atoms with Gasteiger partial charge in [0.25, 0.3) is 0 Å². The van der Waals surface area contributed by atoms with Crippen LogP contribution >= 0.6 is 0 Å². The average Bonchev–Trinajstić information content (AvgIpc) is 3.06. The lowest BCUT2D eigenvalue weighted by molar-refractivity contribution is 0.284. The van der Waals surface area contributed by atoms with E-state index in [1.54, 1.807) is 19.8 Å². The molecule has 0 spiro atoms. The number of ether oxygens (including phenoxy) is 2. The van der Waals surface area contributed by atoms with Crippen LogP contribution in [0.3, 0.4) is 0 Å². The highest BCUT2D eigenvalue weighted by Crippen LogP contribution is 2.38. The Hall–Kier alpha value is -3.56. The lowest BCUT2D eigenvalue weighted by atomic mass is 9.86. The molecular weight excluding hydrogens is 418 g/mol. The van der Waals surface area contributed by atoms with E-state index in [2.05, 4.69) is 77.7 Å². The summed E-state index contributed by atoms with van der Waals surface area (Å²) in [7, 11) is 3.40. The second-order valence-electron chi connectivity index (χ2n) is 8.80. The third-order valence-electron chi connectivity index (χ3n) is 6.81. The molecule has 1 aliphatic heterocycles. The molecule has 2 aliphatic rings. The second-order valence-corrected chi connectivity index (χ2v) is 8.80. The molecule has 3 heteroatoms. The van der Waals surface area contributed by atoms with E-state index in [9.17, 15) is 0 Å². The molecule has 3 aromatic carbocycles. The molecule has 34 heavy (non-hydrogen) atoms. The monoisotopic (exact) mass is 449 g/mol. The first-order chi connectivity index (χ1) is 16.8. The molecule has 0 unspecified atom stereocenters. The van der Waals surface area contributed by atoms with Crippen LogP contribution < -0.4 is 9.47 Å². The molecule has 1 saturated heterocycles. The van der Waals surface area contributed by atoms with Crippen molar-refractivity contribution >= 4 is 23.8 Å². The van der Waals surface area contributed by atoms with E-state index >= 15 is 0 Å². The molecule has 0 bridgehead atoms. The Morgan fingerprint density at radius 3 is 2.06 bits per heavy atom. The minimum Gasteiger partial charge on any atom is -0.497 e. The molecule has 5 rings (SSSR count). The van der Waals surface area contributed by atoms with Crippen molar-refractivity contribution in [3.05, 3.63) is 106 Å². The van der Waals surface area contributed by atoms with Crippen LogP contribution in [0.15, 0.2) is 78.4 Å². The van der Waals surface area contributed by atoms with E-state index in [0.717, 1.165) is 49.5 Å². The van der Waals surface area contributed by atoms with Crippen LogP contribution in [0.25, 0.3) is 23.8 Å². The normalized spacial score (nSPS) is 15.7. The predicted molar refractivity (Wildman–Crippen MR) is 142 cm³/mol. The van der Waals surface area contributed by atoms with E-state index < -0.39 is 0 Å². The number of rotatable bonds is 5. The van der Waals surface area contributed by atoms with Crippen LogP contribution in [0, 0.1) is 0 Å². The molecule has 0 atom stereocenters. The van der Waals surface area contributed by atoms with Crippen molar-refractivity contribution in [2.45, 2.75) is 12.8 Å². The van der Waals surface area contributed by atoms with Crippen molar-refractivity contribution in [1.29, 1.82) is 0 Å². The Morgan fingerprint density at radius 1 is 0.794 bits per heavy atom. The summed E-state index contributed by atoms with van der Waals surface area (Å²) in [5.74, 6) is 1.70. The Kier molecular flexibility index (Phi) is 6.64. The first-order valence-corrected chi connectivity index (χ1v) is 12.0. The van der Waals surface area contributed by atoms with Crippen molar-refractivity contribution in [3.63, 3.8) is 0 Å². The van der Waals surface area contributed by atoms with Gasteiger partial charge in [-0.05, 0) is 58.9 Å². The van der Waals surface area contributed by atoms with Gasteiger partial charge in [0.05, 0.1) is 14.2 Å². The van der Waals surface area contributed by atoms with Gasteiger partial charge < -0.3 is 9.47 Å². The van der Waals surface area contributed by atoms with Crippen LogP contribution in [-0.4, -0.2) is 38.8 Å². The van der Waals surface area contributed by atoms with Crippen LogP contribution in [0.5, 0.6) is 11.5 Å². The highest BCUT2D eigenvalue weighted by atomic mass is 16.5. The van der Waals surface area contributed by atoms with Gasteiger partial charge >= 0.3 is 0 Å². The summed E-state index contributed by atoms with van der Waals surface area (Å²) in [6.45, 7) is 3.06. The van der Waals surface area contributed by atoms with Gasteiger partial charge in [0.1, 0.15) is 11.5 Å². The summed E-state index contributed by atoms with van der Waals surface area (Å²) in [6, 6.07) is 23.5. The Labute approximate surface area is 202 Å². The van der Waals surface area contributed by atoms with Gasteiger partial charge in [0.15, 0.2) is 0 Å². The zero-order chi connectivity index (χ0) is 23.3. The van der Waals surface area contributed by atoms with Crippen molar-refractivity contribution in [2.24, 2.45) is 0 Å². The number of nitrogens with zero attached hydrogens (tertiary/aromatic N) is 1. The van der Waals surface area contributed by atoms with E-state index in [4.69, 9.17) is 9.47 Å². The smallest absolute Gasteiger partial charge is 0.126 e. The summed E-state index contributed by atoms with van der Waals surface area (Å²) >= 11 is 0. The van der Waals surface area contributed by atoms with Crippen LogP contribution in [0.1, 0.15) is 40.7 Å². The van der Waals surface area contributed by atoms with Crippen LogP contribution in [0.4, 0.5) is 0 Å². The maximum Gasteiger partial charge on any atom is 0.126 e. The lowest BCUT2D eigenvalue weighted by Crippen LogP contribution is -2.31. The number of benzene rings is 3. The Balaban J connectivity index is 1.34. The standard InChI is InChI=1S/C31H31NO2/c1-33-27-15-16-30(34-2)26(22-27)10-7-19-32-20-17-25(18-21-32)31-28-11-5-3-8-23(28)13-14-24-9-4-6-12-29(24)31/h3-16,22H,17-21H2,1-2H3/b10-7+. The third-order valence-corrected chi connectivity index (χ3v) is 6.81. The van der Waals surface area contributed by atoms with Crippen LogP contribution in [0.2, 0.25) is 0 Å². The van der Waals surface area contributed by atoms with Gasteiger partial charge in [-0.2, -0.15) is 0 Å². The number of hydrogen-bond acceptors (Lipinski definition) is 3. The third kappa shape index (κ3) is 4.57. The molecule has 0 N–H and O–H groups in total. The Morgan fingerprint density at radius 2 is 1.44 bits per heavy atom. The lowest BCUT2D eigenvalue weighted by Gasteiger charge is -2.29. The SMILES string of the molecule is COc1ccc(OC)c(/C=C/CN2CCC(=C3c4ccccc4C=Cc4ccccc43)CC2)c1. The molecule has 172 valence electrons. The Bertz CT molecular complexity index is 1210. The minimum atomic E-state index is 0.841. The zero-order valence-corrected chi connectivity index (χ0v) is 20.0. The van der Waals surface area contributed by atoms with E-state index in [-0.39, 0.29) is 0 Å². The van der Waals surface area contributed by atoms with Crippen molar-refractivity contribution < 1.29 is 9.47 Å². The van der Waals surface area contributed by atoms with Gasteiger partial charge in [-0.25, -0.2) is 0 Å². The quantitative estimate of drug-likeness (QED) is 0.334. The summed E-state index contributed by atoms with van der Waals surface area (Å²) in [5, 5.41) is 0. The summed E-state index contributed by atoms with van der Waals surface area (Å²) < 4.78 is 10.9. The van der Waals surface area contributed by atoms with Crippen molar-refractivity contribution in [3.8, 4) is 11.5 Å². The molecular formula is C31H31NO2. The topological polar surface area (TPSA) is 21.7 Å². The van der Waals surface area contributed by atoms with Gasteiger partial charge in [0.2, 0.25) is 0 Å². The predicted octanol–water partition coefficient (Wildman–Crippen LogP) is 6.80. The molecule has 1 aliphatic carbocycles. The molecule has 1 fully saturated rings. The minimum absolute atomic E-state index is 0.841. The summed E-state index contributed by atoms with van der Waals surface area (Å²) in [5.41, 5.74) is 9.37. The highest BCUT2D eigenvalue weighted by Gasteiger charge is 2.22. The van der Waals surface area contributed by atoms with Gasteiger partial charge in [0, 0.05) is 25.2 Å². The van der Waals surface area contributed by atoms with Crippen molar-refractivity contribution in [2.75, 3.05) is 33.9 Å². The number of fused-ring (bicyclic) bond motifs is 2. The molecule has 3 nitrogen and oxygen atoms in total.